The molecule has 3 aromatic heterocycles. The smallest absolute Gasteiger partial charge is 0.168 e. The van der Waals surface area contributed by atoms with Gasteiger partial charge in [-0.3, -0.25) is 9.67 Å². The van der Waals surface area contributed by atoms with Gasteiger partial charge in [-0.2, -0.15) is 5.10 Å². The third kappa shape index (κ3) is 1.68. The van der Waals surface area contributed by atoms with Crippen LogP contribution in [0.15, 0.2) is 29.0 Å². The maximum absolute atomic E-state index is 5.36. The van der Waals surface area contributed by atoms with Crippen LogP contribution in [0.5, 0.6) is 0 Å². The van der Waals surface area contributed by atoms with Gasteiger partial charge in [0.05, 0.1) is 17.4 Å². The third-order valence-electron chi connectivity index (χ3n) is 3.00. The van der Waals surface area contributed by atoms with Gasteiger partial charge in [0.25, 0.3) is 0 Å². The van der Waals surface area contributed by atoms with Crippen molar-refractivity contribution in [3.05, 3.63) is 30.2 Å². The van der Waals surface area contributed by atoms with Crippen LogP contribution in [0, 0.1) is 0 Å². The highest BCUT2D eigenvalue weighted by Gasteiger charge is 2.11. The first-order valence-electron chi connectivity index (χ1n) is 5.90. The molecule has 0 atom stereocenters. The van der Waals surface area contributed by atoms with E-state index in [1.807, 2.05) is 19.2 Å². The minimum Gasteiger partial charge on any atom is -0.356 e. The molecule has 0 saturated carbocycles. The Hall–Kier alpha value is -2.17. The van der Waals surface area contributed by atoms with E-state index in [1.54, 1.807) is 17.1 Å². The van der Waals surface area contributed by atoms with Crippen LogP contribution in [-0.4, -0.2) is 19.9 Å². The van der Waals surface area contributed by atoms with Crippen molar-refractivity contribution in [2.24, 2.45) is 7.05 Å². The summed E-state index contributed by atoms with van der Waals surface area (Å²) in [6.45, 7) is 4.17. The number of hydrogen-bond acceptors (Lipinski definition) is 4. The first-order chi connectivity index (χ1) is 8.65. The van der Waals surface area contributed by atoms with Gasteiger partial charge in [0.1, 0.15) is 5.52 Å². The zero-order valence-electron chi connectivity index (χ0n) is 10.6. The van der Waals surface area contributed by atoms with Gasteiger partial charge < -0.3 is 4.52 Å². The zero-order valence-corrected chi connectivity index (χ0v) is 10.6. The Balaban J connectivity index is 2.09. The number of fused-ring (bicyclic) bond motifs is 1. The maximum atomic E-state index is 5.36. The third-order valence-corrected chi connectivity index (χ3v) is 3.00. The Labute approximate surface area is 104 Å². The highest BCUT2D eigenvalue weighted by atomic mass is 16.5. The van der Waals surface area contributed by atoms with Gasteiger partial charge in [0, 0.05) is 24.9 Å². The van der Waals surface area contributed by atoms with Crippen LogP contribution in [-0.2, 0) is 7.05 Å². The molecular formula is C13H14N4O. The van der Waals surface area contributed by atoms with Crippen molar-refractivity contribution >= 4 is 11.0 Å². The fourth-order valence-corrected chi connectivity index (χ4v) is 1.86. The quantitative estimate of drug-likeness (QED) is 0.693. The van der Waals surface area contributed by atoms with Gasteiger partial charge in [-0.15, -0.1) is 0 Å². The average Bonchev–Trinajstić information content (AvgIpc) is 2.96. The van der Waals surface area contributed by atoms with Crippen molar-refractivity contribution in [2.75, 3.05) is 0 Å². The molecule has 0 saturated heterocycles. The summed E-state index contributed by atoms with van der Waals surface area (Å²) in [7, 11) is 1.90. The van der Waals surface area contributed by atoms with E-state index in [0.29, 0.717) is 5.92 Å². The number of rotatable bonds is 2. The van der Waals surface area contributed by atoms with E-state index in [1.165, 1.54) is 0 Å². The van der Waals surface area contributed by atoms with Crippen LogP contribution >= 0.6 is 0 Å². The molecule has 0 aliphatic heterocycles. The molecule has 0 radical (unpaired) electrons. The van der Waals surface area contributed by atoms with Crippen LogP contribution < -0.4 is 0 Å². The number of pyridine rings is 1. The van der Waals surface area contributed by atoms with Crippen LogP contribution in [0.3, 0.4) is 0 Å². The van der Waals surface area contributed by atoms with Crippen LogP contribution in [0.4, 0.5) is 0 Å². The SMILES string of the molecule is CC(C)c1cc(-c2cnc3cnn(C)c3c2)on1. The molecule has 0 bridgehead atoms. The maximum Gasteiger partial charge on any atom is 0.168 e. The Morgan fingerprint density at radius 1 is 1.22 bits per heavy atom. The van der Waals surface area contributed by atoms with Gasteiger partial charge in [0.2, 0.25) is 0 Å². The summed E-state index contributed by atoms with van der Waals surface area (Å²) in [4.78, 5) is 4.36. The standard InChI is InChI=1S/C13H14N4O/c1-8(2)10-5-13(18-16-10)9-4-12-11(14-6-9)7-15-17(12)3/h4-8H,1-3H3. The Morgan fingerprint density at radius 3 is 2.78 bits per heavy atom. The van der Waals surface area contributed by atoms with E-state index >= 15 is 0 Å². The molecule has 5 heteroatoms. The summed E-state index contributed by atoms with van der Waals surface area (Å²) in [5, 5.41) is 8.23. The van der Waals surface area contributed by atoms with Gasteiger partial charge in [-0.1, -0.05) is 19.0 Å². The summed E-state index contributed by atoms with van der Waals surface area (Å²) in [5.74, 6) is 1.10. The minimum atomic E-state index is 0.357. The fraction of sp³-hybridized carbons (Fsp3) is 0.308. The highest BCUT2D eigenvalue weighted by molar-refractivity contribution is 5.79. The van der Waals surface area contributed by atoms with E-state index in [4.69, 9.17) is 4.52 Å². The van der Waals surface area contributed by atoms with E-state index in [0.717, 1.165) is 28.1 Å². The van der Waals surface area contributed by atoms with Crippen molar-refractivity contribution in [3.63, 3.8) is 0 Å². The van der Waals surface area contributed by atoms with Crippen molar-refractivity contribution in [1.29, 1.82) is 0 Å². The lowest BCUT2D eigenvalue weighted by molar-refractivity contribution is 0.420. The number of hydrogen-bond donors (Lipinski definition) is 0. The van der Waals surface area contributed by atoms with Crippen LogP contribution in [0.2, 0.25) is 0 Å². The molecule has 3 heterocycles. The predicted molar refractivity (Wildman–Crippen MR) is 68.1 cm³/mol. The predicted octanol–water partition coefficient (Wildman–Crippen LogP) is 2.75. The fourth-order valence-electron chi connectivity index (χ4n) is 1.86. The van der Waals surface area contributed by atoms with Crippen molar-refractivity contribution in [2.45, 2.75) is 19.8 Å². The number of aromatic nitrogens is 4. The molecule has 5 nitrogen and oxygen atoms in total. The molecule has 0 amide bonds. The number of aryl methyl sites for hydroxylation is 1. The van der Waals surface area contributed by atoms with Crippen molar-refractivity contribution < 1.29 is 4.52 Å². The molecule has 18 heavy (non-hydrogen) atoms. The normalized spacial score (nSPS) is 11.6. The molecule has 92 valence electrons. The summed E-state index contributed by atoms with van der Waals surface area (Å²) < 4.78 is 7.15. The first-order valence-corrected chi connectivity index (χ1v) is 5.90. The largest absolute Gasteiger partial charge is 0.356 e. The molecule has 0 fully saturated rings. The monoisotopic (exact) mass is 242 g/mol. The molecule has 0 N–H and O–H groups in total. The van der Waals surface area contributed by atoms with Crippen LogP contribution in [0.25, 0.3) is 22.4 Å². The van der Waals surface area contributed by atoms with E-state index in [9.17, 15) is 0 Å². The molecule has 0 aliphatic rings. The van der Waals surface area contributed by atoms with Gasteiger partial charge >= 0.3 is 0 Å². The Morgan fingerprint density at radius 2 is 2.06 bits per heavy atom. The lowest BCUT2D eigenvalue weighted by Gasteiger charge is -1.97. The first kappa shape index (κ1) is 11.0. The summed E-state index contributed by atoms with van der Waals surface area (Å²) in [5.41, 5.74) is 3.74. The summed E-state index contributed by atoms with van der Waals surface area (Å²) in [6, 6.07) is 3.98. The Bertz CT molecular complexity index is 696. The second-order valence-electron chi connectivity index (χ2n) is 4.67. The van der Waals surface area contributed by atoms with Crippen molar-refractivity contribution in [3.8, 4) is 11.3 Å². The second-order valence-corrected chi connectivity index (χ2v) is 4.67. The summed E-state index contributed by atoms with van der Waals surface area (Å²) in [6.07, 6.45) is 3.54. The summed E-state index contributed by atoms with van der Waals surface area (Å²) >= 11 is 0. The Kier molecular flexibility index (Phi) is 2.40. The minimum absolute atomic E-state index is 0.357. The van der Waals surface area contributed by atoms with Gasteiger partial charge in [-0.25, -0.2) is 0 Å². The lowest BCUT2D eigenvalue weighted by atomic mass is 10.1. The van der Waals surface area contributed by atoms with E-state index < -0.39 is 0 Å². The zero-order chi connectivity index (χ0) is 12.7. The van der Waals surface area contributed by atoms with Crippen molar-refractivity contribution in [1.82, 2.24) is 19.9 Å². The molecule has 3 aromatic rings. The van der Waals surface area contributed by atoms with Gasteiger partial charge in [-0.05, 0) is 12.0 Å². The second kappa shape index (κ2) is 3.94. The molecule has 0 aromatic carbocycles. The van der Waals surface area contributed by atoms with E-state index in [-0.39, 0.29) is 0 Å². The number of nitrogens with zero attached hydrogens (tertiary/aromatic N) is 4. The molecular weight excluding hydrogens is 228 g/mol. The lowest BCUT2D eigenvalue weighted by Crippen LogP contribution is -1.89. The van der Waals surface area contributed by atoms with Gasteiger partial charge in [0.15, 0.2) is 5.76 Å². The molecule has 3 rings (SSSR count). The average molecular weight is 242 g/mol. The highest BCUT2D eigenvalue weighted by Crippen LogP contribution is 2.25. The van der Waals surface area contributed by atoms with Crippen LogP contribution in [0.1, 0.15) is 25.5 Å². The van der Waals surface area contributed by atoms with E-state index in [2.05, 4.69) is 29.1 Å². The topological polar surface area (TPSA) is 56.7 Å². The molecule has 0 unspecified atom stereocenters. The molecule has 0 aliphatic carbocycles. The molecule has 0 spiro atoms.